The molecule has 148 valence electrons. The van der Waals surface area contributed by atoms with Gasteiger partial charge in [-0.3, -0.25) is 9.59 Å². The van der Waals surface area contributed by atoms with Gasteiger partial charge in [0, 0.05) is 29.1 Å². The predicted octanol–water partition coefficient (Wildman–Crippen LogP) is 6.69. The molecule has 5 nitrogen and oxygen atoms in total. The van der Waals surface area contributed by atoms with Gasteiger partial charge in [-0.05, 0) is 54.9 Å². The van der Waals surface area contributed by atoms with E-state index in [1.54, 1.807) is 25.1 Å². The normalized spacial score (nSPS) is 10.2. The third kappa shape index (κ3) is 5.74. The summed E-state index contributed by atoms with van der Waals surface area (Å²) in [6.45, 7) is 6.67. The Hall–Kier alpha value is -2.02. The summed E-state index contributed by atoms with van der Waals surface area (Å²) >= 11 is 16.0. The van der Waals surface area contributed by atoms with E-state index in [4.69, 9.17) is 32.7 Å². The summed E-state index contributed by atoms with van der Waals surface area (Å²) in [4.78, 5) is 23.1. The van der Waals surface area contributed by atoms with Crippen molar-refractivity contribution in [1.82, 2.24) is 0 Å². The molecule has 28 heavy (non-hydrogen) atoms. The maximum Gasteiger partial charge on any atom is 0.308 e. The smallest absolute Gasteiger partial charge is 0.308 e. The molecule has 0 saturated carbocycles. The molecule has 0 unspecified atom stereocenters. The molecule has 0 aliphatic heterocycles. The lowest BCUT2D eigenvalue weighted by Gasteiger charge is -2.15. The van der Waals surface area contributed by atoms with Gasteiger partial charge in [0.25, 0.3) is 0 Å². The molecule has 2 rings (SSSR count). The molecule has 0 saturated heterocycles. The lowest BCUT2D eigenvalue weighted by Crippen LogP contribution is -2.08. The zero-order valence-electron chi connectivity index (χ0n) is 15.7. The Bertz CT molecular complexity index is 969. The number of esters is 1. The van der Waals surface area contributed by atoms with Gasteiger partial charge in [-0.25, -0.2) is 0 Å². The fourth-order valence-corrected chi connectivity index (χ4v) is 3.21. The van der Waals surface area contributed by atoms with Crippen LogP contribution < -0.4 is 14.8 Å². The molecule has 0 aromatic heterocycles. The van der Waals surface area contributed by atoms with Crippen LogP contribution >= 0.6 is 39.1 Å². The number of rotatable bonds is 5. The highest BCUT2D eigenvalue weighted by Gasteiger charge is 2.18. The van der Waals surface area contributed by atoms with Crippen LogP contribution in [-0.2, 0) is 9.59 Å². The molecule has 8 heteroatoms. The summed E-state index contributed by atoms with van der Waals surface area (Å²) < 4.78 is 11.5. The number of hydrogen-bond acceptors (Lipinski definition) is 4. The van der Waals surface area contributed by atoms with Crippen molar-refractivity contribution in [3.05, 3.63) is 56.0 Å². The van der Waals surface area contributed by atoms with E-state index in [-0.39, 0.29) is 27.5 Å². The minimum Gasteiger partial charge on any atom is -0.454 e. The first kappa shape index (κ1) is 22.3. The summed E-state index contributed by atoms with van der Waals surface area (Å²) in [6, 6.07) is 6.52. The summed E-state index contributed by atoms with van der Waals surface area (Å²) in [5.41, 5.74) is 2.01. The van der Waals surface area contributed by atoms with E-state index < -0.39 is 5.97 Å². The van der Waals surface area contributed by atoms with E-state index in [0.29, 0.717) is 21.5 Å². The standard InChI is InChI=1S/C20H18BrCl2NO4/c1-10(2)7-18(26)24-16-6-5-13(8-14(16)21)28-20-15(22)9-17(27-12(4)25)11(3)19(20)23/h5-9H,1-4H3,(H,24,26). The summed E-state index contributed by atoms with van der Waals surface area (Å²) in [6.07, 6.45) is 1.50. The minimum absolute atomic E-state index is 0.198. The van der Waals surface area contributed by atoms with Crippen LogP contribution in [0.5, 0.6) is 17.2 Å². The van der Waals surface area contributed by atoms with E-state index in [9.17, 15) is 9.59 Å². The number of hydrogen-bond donors (Lipinski definition) is 1. The summed E-state index contributed by atoms with van der Waals surface area (Å²) in [5.74, 6) is 0.268. The second-order valence-electron chi connectivity index (χ2n) is 6.17. The van der Waals surface area contributed by atoms with E-state index >= 15 is 0 Å². The monoisotopic (exact) mass is 485 g/mol. The van der Waals surface area contributed by atoms with Gasteiger partial charge in [0.05, 0.1) is 15.7 Å². The molecule has 0 fully saturated rings. The second-order valence-corrected chi connectivity index (χ2v) is 7.81. The third-order valence-corrected chi connectivity index (χ3v) is 4.86. The van der Waals surface area contributed by atoms with Gasteiger partial charge in [-0.1, -0.05) is 28.8 Å². The number of benzene rings is 2. The molecule has 0 aliphatic rings. The van der Waals surface area contributed by atoms with Gasteiger partial charge in [0.15, 0.2) is 5.75 Å². The van der Waals surface area contributed by atoms with Crippen LogP contribution in [0.1, 0.15) is 26.3 Å². The fourth-order valence-electron chi connectivity index (χ4n) is 2.24. The maximum absolute atomic E-state index is 11.9. The number of carbonyl (C=O) groups excluding carboxylic acids is 2. The number of carbonyl (C=O) groups is 2. The van der Waals surface area contributed by atoms with Crippen LogP contribution in [0.2, 0.25) is 10.0 Å². The van der Waals surface area contributed by atoms with Crippen molar-refractivity contribution >= 4 is 56.7 Å². The van der Waals surface area contributed by atoms with E-state index in [1.165, 1.54) is 19.1 Å². The SMILES string of the molecule is CC(=O)Oc1cc(Cl)c(Oc2ccc(NC(=O)C=C(C)C)c(Br)c2)c(Cl)c1C. The highest BCUT2D eigenvalue weighted by Crippen LogP contribution is 2.43. The van der Waals surface area contributed by atoms with E-state index in [1.807, 2.05) is 13.8 Å². The number of amides is 1. The molecular weight excluding hydrogens is 469 g/mol. The van der Waals surface area contributed by atoms with Gasteiger partial charge in [0.1, 0.15) is 11.5 Å². The van der Waals surface area contributed by atoms with Crippen molar-refractivity contribution in [3.63, 3.8) is 0 Å². The first-order chi connectivity index (χ1) is 13.1. The molecule has 0 atom stereocenters. The molecule has 0 aliphatic carbocycles. The second kappa shape index (κ2) is 9.45. The number of nitrogens with one attached hydrogen (secondary N) is 1. The maximum atomic E-state index is 11.9. The number of halogens is 3. The number of ether oxygens (including phenoxy) is 2. The number of anilines is 1. The molecule has 1 N–H and O–H groups in total. The molecule has 0 radical (unpaired) electrons. The van der Waals surface area contributed by atoms with Crippen LogP contribution in [-0.4, -0.2) is 11.9 Å². The van der Waals surface area contributed by atoms with E-state index in [2.05, 4.69) is 21.2 Å². The van der Waals surface area contributed by atoms with Crippen molar-refractivity contribution in [1.29, 1.82) is 0 Å². The molecule has 0 heterocycles. The first-order valence-electron chi connectivity index (χ1n) is 8.18. The highest BCUT2D eigenvalue weighted by atomic mass is 79.9. The topological polar surface area (TPSA) is 64.6 Å². The summed E-state index contributed by atoms with van der Waals surface area (Å²) in [5, 5.41) is 3.21. The average Bonchev–Trinajstić information content (AvgIpc) is 2.57. The van der Waals surface area contributed by atoms with Crippen LogP contribution in [0.15, 0.2) is 40.4 Å². The Morgan fingerprint density at radius 3 is 2.39 bits per heavy atom. The van der Waals surface area contributed by atoms with Gasteiger partial charge >= 0.3 is 5.97 Å². The minimum atomic E-state index is -0.474. The van der Waals surface area contributed by atoms with Gasteiger partial charge < -0.3 is 14.8 Å². The average molecular weight is 487 g/mol. The van der Waals surface area contributed by atoms with Crippen LogP contribution in [0.3, 0.4) is 0 Å². The van der Waals surface area contributed by atoms with Crippen molar-refractivity contribution in [2.75, 3.05) is 5.32 Å². The molecule has 1 amide bonds. The van der Waals surface area contributed by atoms with Crippen LogP contribution in [0.4, 0.5) is 5.69 Å². The zero-order valence-corrected chi connectivity index (χ0v) is 18.8. The van der Waals surface area contributed by atoms with Gasteiger partial charge in [-0.15, -0.1) is 0 Å². The summed E-state index contributed by atoms with van der Waals surface area (Å²) in [7, 11) is 0. The zero-order chi connectivity index (χ0) is 21.0. The predicted molar refractivity (Wildman–Crippen MR) is 115 cm³/mol. The van der Waals surface area contributed by atoms with Crippen molar-refractivity contribution < 1.29 is 19.1 Å². The Morgan fingerprint density at radius 2 is 1.82 bits per heavy atom. The molecule has 2 aromatic rings. The fraction of sp³-hybridized carbons (Fsp3) is 0.200. The quantitative estimate of drug-likeness (QED) is 0.290. The van der Waals surface area contributed by atoms with Gasteiger partial charge in [0.2, 0.25) is 5.91 Å². The van der Waals surface area contributed by atoms with Crippen LogP contribution in [0, 0.1) is 6.92 Å². The first-order valence-corrected chi connectivity index (χ1v) is 9.73. The largest absolute Gasteiger partial charge is 0.454 e. The third-order valence-electron chi connectivity index (χ3n) is 3.46. The van der Waals surface area contributed by atoms with Crippen molar-refractivity contribution in [2.45, 2.75) is 27.7 Å². The molecule has 0 bridgehead atoms. The molecular formula is C20H18BrCl2NO4. The Labute approximate surface area is 181 Å². The van der Waals surface area contributed by atoms with Crippen LogP contribution in [0.25, 0.3) is 0 Å². The van der Waals surface area contributed by atoms with Gasteiger partial charge in [-0.2, -0.15) is 0 Å². The highest BCUT2D eigenvalue weighted by molar-refractivity contribution is 9.10. The van der Waals surface area contributed by atoms with Crippen molar-refractivity contribution in [3.8, 4) is 17.2 Å². The lowest BCUT2D eigenvalue weighted by atomic mass is 10.2. The number of allylic oxidation sites excluding steroid dienone is 1. The molecule has 0 spiro atoms. The Kier molecular flexibility index (Phi) is 7.52. The Balaban J connectivity index is 2.28. The molecule has 2 aromatic carbocycles. The van der Waals surface area contributed by atoms with Crippen molar-refractivity contribution in [2.24, 2.45) is 0 Å². The lowest BCUT2D eigenvalue weighted by molar-refractivity contribution is -0.131. The van der Waals surface area contributed by atoms with E-state index in [0.717, 1.165) is 5.57 Å². The Morgan fingerprint density at radius 1 is 1.14 bits per heavy atom.